The average Bonchev–Trinajstić information content (AvgIpc) is 3.73. The van der Waals surface area contributed by atoms with Crippen LogP contribution >= 0.6 is 12.6 Å². The lowest BCUT2D eigenvalue weighted by Gasteiger charge is -2.22. The molecular formula is C47H43N5O6S. The summed E-state index contributed by atoms with van der Waals surface area (Å²) < 4.78 is 18.5. The van der Waals surface area contributed by atoms with Gasteiger partial charge >= 0.3 is 0 Å². The summed E-state index contributed by atoms with van der Waals surface area (Å²) in [6.45, 7) is 4.16. The number of carbonyl (C=O) groups is 3. The maximum atomic E-state index is 13.9. The molecule has 11 nitrogen and oxygen atoms in total. The van der Waals surface area contributed by atoms with Crippen LogP contribution in [0.4, 0.5) is 28.4 Å². The van der Waals surface area contributed by atoms with E-state index in [9.17, 15) is 14.4 Å². The van der Waals surface area contributed by atoms with E-state index in [4.69, 9.17) is 24.2 Å². The van der Waals surface area contributed by atoms with Gasteiger partial charge < -0.3 is 19.5 Å². The molecule has 0 bridgehead atoms. The van der Waals surface area contributed by atoms with Crippen molar-refractivity contribution in [3.8, 4) is 17.2 Å². The number of fused-ring (bicyclic) bond motifs is 8. The van der Waals surface area contributed by atoms with Gasteiger partial charge in [0.2, 0.25) is 5.91 Å². The molecule has 12 heteroatoms. The van der Waals surface area contributed by atoms with Crippen LogP contribution in [0.25, 0.3) is 0 Å². The first-order chi connectivity index (χ1) is 28.6. The summed E-state index contributed by atoms with van der Waals surface area (Å²) in [4.78, 5) is 53.9. The predicted octanol–water partition coefficient (Wildman–Crippen LogP) is 8.77. The lowest BCUT2D eigenvalue weighted by atomic mass is 10.1. The van der Waals surface area contributed by atoms with Gasteiger partial charge in [0.15, 0.2) is 11.5 Å². The van der Waals surface area contributed by atoms with Crippen molar-refractivity contribution < 1.29 is 28.6 Å². The quantitative estimate of drug-likeness (QED) is 0.129. The number of nitrogens with zero attached hydrogens (tertiary/aromatic N) is 4. The lowest BCUT2D eigenvalue weighted by Crippen LogP contribution is -2.37. The minimum Gasteiger partial charge on any atom is -0.493 e. The van der Waals surface area contributed by atoms with E-state index in [0.717, 1.165) is 45.6 Å². The maximum Gasteiger partial charge on any atom is 0.261 e. The number of hydrogen-bond donors (Lipinski definition) is 2. The van der Waals surface area contributed by atoms with Crippen molar-refractivity contribution in [2.45, 2.75) is 70.1 Å². The molecule has 0 fully saturated rings. The molecule has 4 heterocycles. The molecule has 5 aromatic rings. The number of hydrogen-bond acceptors (Lipinski definition) is 9. The van der Waals surface area contributed by atoms with Gasteiger partial charge in [-0.25, -0.2) is 0 Å². The van der Waals surface area contributed by atoms with Crippen molar-refractivity contribution in [3.05, 3.63) is 130 Å². The number of methoxy groups -OCH3 is 1. The van der Waals surface area contributed by atoms with E-state index in [0.29, 0.717) is 64.7 Å². The first kappa shape index (κ1) is 38.1. The molecule has 0 saturated carbocycles. The third kappa shape index (κ3) is 7.44. The van der Waals surface area contributed by atoms with Crippen molar-refractivity contribution in [3.63, 3.8) is 0 Å². The molecule has 0 aliphatic carbocycles. The van der Waals surface area contributed by atoms with Crippen LogP contribution in [0.15, 0.2) is 101 Å². The van der Waals surface area contributed by atoms with Crippen LogP contribution in [0.3, 0.4) is 0 Å². The Morgan fingerprint density at radius 3 is 1.88 bits per heavy atom. The number of ether oxygens (including phenoxy) is 3. The van der Waals surface area contributed by atoms with Crippen molar-refractivity contribution in [1.82, 2.24) is 0 Å². The van der Waals surface area contributed by atoms with Gasteiger partial charge in [-0.2, -0.15) is 12.6 Å². The van der Waals surface area contributed by atoms with E-state index < -0.39 is 0 Å². The van der Waals surface area contributed by atoms with E-state index in [1.54, 1.807) is 17.0 Å². The Balaban J connectivity index is 0.960. The molecule has 0 saturated heterocycles. The van der Waals surface area contributed by atoms with Gasteiger partial charge in [-0.1, -0.05) is 43.3 Å². The molecule has 298 valence electrons. The highest BCUT2D eigenvalue weighted by Crippen LogP contribution is 2.42. The largest absolute Gasteiger partial charge is 0.493 e. The molecule has 0 radical (unpaired) electrons. The molecule has 1 unspecified atom stereocenters. The van der Waals surface area contributed by atoms with Gasteiger partial charge in [0, 0.05) is 60.9 Å². The number of anilines is 3. The fourth-order valence-electron chi connectivity index (χ4n) is 8.28. The standard InChI is InChI=1S/C47H43N5O6S/c1-27-14-36-38(48-23-34-18-31-8-4-6-10-40(31)51(34)46(36)54)21-42(27)57-25-29-15-30(17-33(16-29)50-45(53)13-12-28(2)59)26-58-44-22-39-37(20-43(44)56-3)47(55)52-35(24-49-39)19-32-9-5-7-11-41(32)52/h4-11,14-17,20-24,28,34-35,59H,12-13,18-19,25-26H2,1-3H3,(H,50,53)/t28?,34-,35-/m0/s1. The zero-order valence-corrected chi connectivity index (χ0v) is 33.9. The second-order valence-corrected chi connectivity index (χ2v) is 16.3. The smallest absolute Gasteiger partial charge is 0.261 e. The van der Waals surface area contributed by atoms with Crippen molar-refractivity contribution >= 4 is 71.2 Å². The molecule has 4 aliphatic heterocycles. The van der Waals surface area contributed by atoms with Crippen molar-refractivity contribution in [2.24, 2.45) is 9.98 Å². The van der Waals surface area contributed by atoms with Crippen molar-refractivity contribution in [1.29, 1.82) is 0 Å². The molecule has 5 aromatic carbocycles. The first-order valence-electron chi connectivity index (χ1n) is 19.8. The molecule has 0 spiro atoms. The Morgan fingerprint density at radius 2 is 1.31 bits per heavy atom. The number of para-hydroxylation sites is 2. The second kappa shape index (κ2) is 15.7. The Bertz CT molecular complexity index is 2590. The van der Waals surface area contributed by atoms with Crippen molar-refractivity contribution in [2.75, 3.05) is 22.2 Å². The summed E-state index contributed by atoms with van der Waals surface area (Å²) >= 11 is 4.44. The number of benzene rings is 5. The Morgan fingerprint density at radius 1 is 0.763 bits per heavy atom. The number of carbonyl (C=O) groups excluding carboxylic acids is 3. The zero-order valence-electron chi connectivity index (χ0n) is 33.0. The second-order valence-electron chi connectivity index (χ2n) is 15.4. The van der Waals surface area contributed by atoms with Gasteiger partial charge in [-0.05, 0) is 88.9 Å². The monoisotopic (exact) mass is 805 g/mol. The molecule has 1 N–H and O–H groups in total. The molecule has 0 aromatic heterocycles. The maximum absolute atomic E-state index is 13.9. The summed E-state index contributed by atoms with van der Waals surface area (Å²) in [6, 6.07) is 28.4. The number of amides is 3. The Labute approximate surface area is 348 Å². The summed E-state index contributed by atoms with van der Waals surface area (Å²) in [5, 5.41) is 3.12. The average molecular weight is 806 g/mol. The molecule has 3 atom stereocenters. The third-order valence-electron chi connectivity index (χ3n) is 11.2. The summed E-state index contributed by atoms with van der Waals surface area (Å²) in [5.41, 5.74) is 9.02. The highest BCUT2D eigenvalue weighted by atomic mass is 32.1. The first-order valence-corrected chi connectivity index (χ1v) is 20.3. The molecule has 9 rings (SSSR count). The van der Waals surface area contributed by atoms with E-state index in [1.807, 2.05) is 104 Å². The van der Waals surface area contributed by atoms with Crippen LogP contribution in [-0.2, 0) is 30.8 Å². The molecule has 59 heavy (non-hydrogen) atoms. The molecular weight excluding hydrogens is 763 g/mol. The van der Waals surface area contributed by atoms with Gasteiger partial charge in [-0.15, -0.1) is 0 Å². The number of thiol groups is 1. The highest BCUT2D eigenvalue weighted by Gasteiger charge is 2.38. The van der Waals surface area contributed by atoms with Gasteiger partial charge in [0.25, 0.3) is 11.8 Å². The van der Waals surface area contributed by atoms with Crippen LogP contribution in [-0.4, -0.2) is 54.6 Å². The number of nitrogens with one attached hydrogen (secondary N) is 1. The number of aryl methyl sites for hydroxylation is 1. The van der Waals surface area contributed by atoms with Crippen LogP contribution in [0, 0.1) is 6.92 Å². The highest BCUT2D eigenvalue weighted by molar-refractivity contribution is 7.80. The van der Waals surface area contributed by atoms with Gasteiger partial charge in [0.1, 0.15) is 19.0 Å². The van der Waals surface area contributed by atoms with E-state index >= 15 is 0 Å². The molecule has 4 aliphatic rings. The van der Waals surface area contributed by atoms with Crippen LogP contribution in [0.1, 0.15) is 68.3 Å². The predicted molar refractivity (Wildman–Crippen MR) is 233 cm³/mol. The van der Waals surface area contributed by atoms with Crippen LogP contribution < -0.4 is 29.3 Å². The van der Waals surface area contributed by atoms with E-state index in [1.165, 1.54) is 7.11 Å². The number of aliphatic imine (C=N–C) groups is 2. The van der Waals surface area contributed by atoms with Crippen LogP contribution in [0.5, 0.6) is 17.2 Å². The fraction of sp³-hybridized carbons (Fsp3) is 0.255. The van der Waals surface area contributed by atoms with Gasteiger partial charge in [0.05, 0.1) is 41.7 Å². The van der Waals surface area contributed by atoms with Crippen LogP contribution in [0.2, 0.25) is 0 Å². The third-order valence-corrected chi connectivity index (χ3v) is 11.4. The minimum absolute atomic E-state index is 0.0851. The fourth-order valence-corrected chi connectivity index (χ4v) is 8.41. The SMILES string of the molecule is COc1cc2c(cc1OCc1cc(COc3cc4c(cc3C)C(=O)N3c5ccccc5C[C@H]3C=N4)cc(NC(=O)CCC(C)S)c1)N=C[C@@H]1Cc3ccccc3N1C2=O. The zero-order chi connectivity index (χ0) is 40.8. The topological polar surface area (TPSA) is 122 Å². The van der Waals surface area contributed by atoms with E-state index in [-0.39, 0.29) is 48.3 Å². The van der Waals surface area contributed by atoms with Gasteiger partial charge in [-0.3, -0.25) is 34.2 Å². The normalized spacial score (nSPS) is 17.5. The number of rotatable bonds is 11. The van der Waals surface area contributed by atoms with E-state index in [2.05, 4.69) is 24.0 Å². The molecule has 3 amide bonds. The summed E-state index contributed by atoms with van der Waals surface area (Å²) in [5.74, 6) is 1.07. The lowest BCUT2D eigenvalue weighted by molar-refractivity contribution is -0.116. The summed E-state index contributed by atoms with van der Waals surface area (Å²) in [6.07, 6.45) is 6.04. The Hall–Kier alpha value is -6.40. The minimum atomic E-state index is -0.182. The summed E-state index contributed by atoms with van der Waals surface area (Å²) in [7, 11) is 1.54. The Kier molecular flexibility index (Phi) is 10.2.